The van der Waals surface area contributed by atoms with Gasteiger partial charge >= 0.3 is 0 Å². The highest BCUT2D eigenvalue weighted by molar-refractivity contribution is 6.31. The maximum Gasteiger partial charge on any atom is 0.248 e. The molecule has 0 atom stereocenters. The zero-order valence-electron chi connectivity index (χ0n) is 10.2. The van der Waals surface area contributed by atoms with Gasteiger partial charge in [-0.2, -0.15) is 0 Å². The topological polar surface area (TPSA) is 55.1 Å². The predicted octanol–water partition coefficient (Wildman–Crippen LogP) is 2.33. The first-order valence-electron chi connectivity index (χ1n) is 5.87. The van der Waals surface area contributed by atoms with E-state index in [1.807, 2.05) is 6.07 Å². The highest BCUT2D eigenvalue weighted by atomic mass is 35.5. The second kappa shape index (κ2) is 7.75. The number of nitrogens with one attached hydrogen (secondary N) is 1. The first-order valence-corrected chi connectivity index (χ1v) is 6.25. The summed E-state index contributed by atoms with van der Waals surface area (Å²) in [5, 5.41) is 3.84. The molecule has 18 heavy (non-hydrogen) atoms. The van der Waals surface area contributed by atoms with Crippen molar-refractivity contribution < 1.29 is 4.79 Å². The van der Waals surface area contributed by atoms with Gasteiger partial charge in [0.2, 0.25) is 5.91 Å². The lowest BCUT2D eigenvalue weighted by Gasteiger charge is -2.07. The largest absolute Gasteiger partial charge is 0.366 e. The maximum atomic E-state index is 11.0. The van der Waals surface area contributed by atoms with Crippen molar-refractivity contribution in [2.24, 2.45) is 5.73 Å². The van der Waals surface area contributed by atoms with Crippen LogP contribution in [0.15, 0.2) is 18.2 Å². The monoisotopic (exact) mass is 264 g/mol. The Hall–Kier alpha value is -1.50. The molecule has 0 aliphatic heterocycles. The van der Waals surface area contributed by atoms with Crippen molar-refractivity contribution in [2.45, 2.75) is 25.8 Å². The van der Waals surface area contributed by atoms with E-state index in [1.165, 1.54) is 0 Å². The lowest BCUT2D eigenvalue weighted by molar-refractivity contribution is 0.100. The Morgan fingerprint density at radius 3 is 2.83 bits per heavy atom. The summed E-state index contributed by atoms with van der Waals surface area (Å²) in [6.07, 6.45) is 8.05. The Balaban J connectivity index is 2.39. The standard InChI is InChI=1S/C14H17ClN2O/c1-2-3-4-5-8-17-10-12-7-6-11(14(16)18)9-13(12)15/h1,6-7,9,17H,3-5,8,10H2,(H2,16,18). The van der Waals surface area contributed by atoms with Gasteiger partial charge in [-0.05, 0) is 37.1 Å². The van der Waals surface area contributed by atoms with Crippen molar-refractivity contribution in [2.75, 3.05) is 6.54 Å². The summed E-state index contributed by atoms with van der Waals surface area (Å²) in [4.78, 5) is 11.0. The third-order valence-electron chi connectivity index (χ3n) is 2.58. The van der Waals surface area contributed by atoms with Gasteiger partial charge in [0.1, 0.15) is 0 Å². The Morgan fingerprint density at radius 1 is 1.44 bits per heavy atom. The highest BCUT2D eigenvalue weighted by Gasteiger charge is 2.05. The molecule has 0 spiro atoms. The minimum atomic E-state index is -0.467. The van der Waals surface area contributed by atoms with Crippen molar-refractivity contribution in [3.63, 3.8) is 0 Å². The summed E-state index contributed by atoms with van der Waals surface area (Å²) in [5.41, 5.74) is 6.56. The fraction of sp³-hybridized carbons (Fsp3) is 0.357. The number of nitrogens with two attached hydrogens (primary N) is 1. The molecular formula is C14H17ClN2O. The van der Waals surface area contributed by atoms with Gasteiger partial charge in [-0.3, -0.25) is 4.79 Å². The van der Waals surface area contributed by atoms with Crippen LogP contribution in [0.25, 0.3) is 0 Å². The molecule has 0 unspecified atom stereocenters. The number of primary amides is 1. The van der Waals surface area contributed by atoms with Crippen LogP contribution in [0.4, 0.5) is 0 Å². The third kappa shape index (κ3) is 4.79. The molecule has 3 nitrogen and oxygen atoms in total. The maximum absolute atomic E-state index is 11.0. The van der Waals surface area contributed by atoms with E-state index in [2.05, 4.69) is 11.2 Å². The normalized spacial score (nSPS) is 10.0. The van der Waals surface area contributed by atoms with Gasteiger partial charge in [-0.1, -0.05) is 17.7 Å². The van der Waals surface area contributed by atoms with Gasteiger partial charge in [0, 0.05) is 23.6 Å². The number of carbonyl (C=O) groups is 1. The van der Waals surface area contributed by atoms with Crippen LogP contribution < -0.4 is 11.1 Å². The number of rotatable bonds is 7. The molecule has 0 bridgehead atoms. The molecule has 0 saturated heterocycles. The molecule has 0 fully saturated rings. The summed E-state index contributed by atoms with van der Waals surface area (Å²) in [5.74, 6) is 2.14. The van der Waals surface area contributed by atoms with Gasteiger partial charge in [0.25, 0.3) is 0 Å². The van der Waals surface area contributed by atoms with E-state index in [0.717, 1.165) is 31.4 Å². The van der Waals surface area contributed by atoms with E-state index >= 15 is 0 Å². The molecule has 1 amide bonds. The van der Waals surface area contributed by atoms with Crippen LogP contribution in [0.2, 0.25) is 5.02 Å². The number of hydrogen-bond donors (Lipinski definition) is 2. The molecule has 0 saturated carbocycles. The molecule has 0 aliphatic carbocycles. The average Bonchev–Trinajstić information content (AvgIpc) is 2.35. The summed E-state index contributed by atoms with van der Waals surface area (Å²) in [6.45, 7) is 1.57. The Labute approximate surface area is 113 Å². The number of halogens is 1. The van der Waals surface area contributed by atoms with Crippen LogP contribution >= 0.6 is 11.6 Å². The lowest BCUT2D eigenvalue weighted by atomic mass is 10.1. The summed E-state index contributed by atoms with van der Waals surface area (Å²) < 4.78 is 0. The Morgan fingerprint density at radius 2 is 2.22 bits per heavy atom. The van der Waals surface area contributed by atoms with Crippen molar-refractivity contribution in [1.82, 2.24) is 5.32 Å². The first kappa shape index (κ1) is 14.6. The van der Waals surface area contributed by atoms with E-state index in [-0.39, 0.29) is 0 Å². The summed E-state index contributed by atoms with van der Waals surface area (Å²) in [6, 6.07) is 5.10. The molecule has 0 heterocycles. The predicted molar refractivity (Wildman–Crippen MR) is 74.4 cm³/mol. The van der Waals surface area contributed by atoms with Crippen molar-refractivity contribution in [1.29, 1.82) is 0 Å². The van der Waals surface area contributed by atoms with Gasteiger partial charge in [-0.25, -0.2) is 0 Å². The number of hydrogen-bond acceptors (Lipinski definition) is 2. The number of unbranched alkanes of at least 4 members (excludes halogenated alkanes) is 2. The molecule has 0 aromatic heterocycles. The van der Waals surface area contributed by atoms with E-state index in [1.54, 1.807) is 12.1 Å². The van der Waals surface area contributed by atoms with E-state index in [9.17, 15) is 4.79 Å². The number of benzene rings is 1. The quantitative estimate of drug-likeness (QED) is 0.587. The molecule has 96 valence electrons. The molecule has 1 rings (SSSR count). The van der Waals surface area contributed by atoms with Crippen molar-refractivity contribution in [3.8, 4) is 12.3 Å². The smallest absolute Gasteiger partial charge is 0.248 e. The summed E-state index contributed by atoms with van der Waals surface area (Å²) in [7, 11) is 0. The minimum Gasteiger partial charge on any atom is -0.366 e. The zero-order chi connectivity index (χ0) is 13.4. The van der Waals surface area contributed by atoms with Crippen LogP contribution in [-0.2, 0) is 6.54 Å². The first-order chi connectivity index (χ1) is 8.65. The van der Waals surface area contributed by atoms with Crippen LogP contribution in [0.3, 0.4) is 0 Å². The Bertz CT molecular complexity index is 452. The number of carbonyl (C=O) groups excluding carboxylic acids is 1. The number of amides is 1. The van der Waals surface area contributed by atoms with Crippen LogP contribution in [0.5, 0.6) is 0 Å². The molecule has 0 aliphatic rings. The highest BCUT2D eigenvalue weighted by Crippen LogP contribution is 2.17. The van der Waals surface area contributed by atoms with Crippen LogP contribution in [0, 0.1) is 12.3 Å². The number of terminal acetylenes is 1. The second-order valence-electron chi connectivity index (χ2n) is 4.01. The average molecular weight is 265 g/mol. The molecular weight excluding hydrogens is 248 g/mol. The van der Waals surface area contributed by atoms with Gasteiger partial charge in [-0.15, -0.1) is 12.3 Å². The minimum absolute atomic E-state index is 0.428. The van der Waals surface area contributed by atoms with Crippen LogP contribution in [-0.4, -0.2) is 12.5 Å². The van der Waals surface area contributed by atoms with E-state index in [0.29, 0.717) is 17.1 Å². The van der Waals surface area contributed by atoms with Gasteiger partial charge < -0.3 is 11.1 Å². The lowest BCUT2D eigenvalue weighted by Crippen LogP contribution is -2.16. The van der Waals surface area contributed by atoms with E-state index in [4.69, 9.17) is 23.8 Å². The fourth-order valence-electron chi connectivity index (χ4n) is 1.54. The molecule has 1 aromatic carbocycles. The van der Waals surface area contributed by atoms with E-state index < -0.39 is 5.91 Å². The van der Waals surface area contributed by atoms with Gasteiger partial charge in [0.15, 0.2) is 0 Å². The zero-order valence-corrected chi connectivity index (χ0v) is 11.0. The second-order valence-corrected chi connectivity index (χ2v) is 4.42. The molecule has 3 N–H and O–H groups in total. The van der Waals surface area contributed by atoms with Crippen molar-refractivity contribution >= 4 is 17.5 Å². The summed E-state index contributed by atoms with van der Waals surface area (Å²) >= 11 is 6.06. The van der Waals surface area contributed by atoms with Crippen LogP contribution in [0.1, 0.15) is 35.2 Å². The molecule has 4 heteroatoms. The fourth-order valence-corrected chi connectivity index (χ4v) is 1.79. The molecule has 1 aromatic rings. The van der Waals surface area contributed by atoms with Crippen molar-refractivity contribution in [3.05, 3.63) is 34.3 Å². The van der Waals surface area contributed by atoms with Gasteiger partial charge in [0.05, 0.1) is 0 Å². The Kier molecular flexibility index (Phi) is 6.27. The third-order valence-corrected chi connectivity index (χ3v) is 2.93. The SMILES string of the molecule is C#CCCCCNCc1ccc(C(N)=O)cc1Cl. The molecule has 0 radical (unpaired) electrons.